The predicted octanol–water partition coefficient (Wildman–Crippen LogP) is 6.75. The van der Waals surface area contributed by atoms with Crippen LogP contribution in [0.1, 0.15) is 77.5 Å². The molecular weight excluding hydrogens is 518 g/mol. The number of hydrogen-bond donors (Lipinski definition) is 2. The fourth-order valence-corrected chi connectivity index (χ4v) is 6.15. The van der Waals surface area contributed by atoms with Crippen LogP contribution in [0.25, 0.3) is 21.1 Å². The van der Waals surface area contributed by atoms with Gasteiger partial charge in [-0.25, -0.2) is 4.98 Å². The van der Waals surface area contributed by atoms with Crippen LogP contribution < -0.4 is 11.1 Å². The standard InChI is InChI=1S/C28H33N5O2S.2C2H6/c1-19(34)30-13-15-33-24-9-3-2-7-21(24)17-25(33)22-8-5-14-32(18-22)27(35)10-4-6-20-11-12-23-26(16-20)36-28(29)31-23;2*1-2/h2-3,7,9,11-12,16-17,22H,4-6,8,10,13-15,18H2,1H3,(H2,29,31)(H,30,34);2*1-2H3. The van der Waals surface area contributed by atoms with Crippen molar-refractivity contribution >= 4 is 49.4 Å². The smallest absolute Gasteiger partial charge is 0.222 e. The van der Waals surface area contributed by atoms with Gasteiger partial charge in [-0.15, -0.1) is 0 Å². The Hall–Kier alpha value is -3.39. The number of nitrogens with one attached hydrogen (secondary N) is 1. The second-order valence-corrected chi connectivity index (χ2v) is 10.7. The molecule has 1 saturated heterocycles. The Labute approximate surface area is 242 Å². The number of aryl methyl sites for hydroxylation is 1. The Morgan fingerprint density at radius 1 is 1.10 bits per heavy atom. The monoisotopic (exact) mass is 563 g/mol. The van der Waals surface area contributed by atoms with E-state index in [2.05, 4.69) is 62.2 Å². The highest BCUT2D eigenvalue weighted by Gasteiger charge is 2.27. The van der Waals surface area contributed by atoms with Crippen molar-refractivity contribution < 1.29 is 9.59 Å². The average molecular weight is 564 g/mol. The van der Waals surface area contributed by atoms with Gasteiger partial charge in [0, 0.05) is 56.7 Å². The summed E-state index contributed by atoms with van der Waals surface area (Å²) in [4.78, 5) is 30.9. The minimum atomic E-state index is -0.0152. The van der Waals surface area contributed by atoms with Crippen LogP contribution in [-0.2, 0) is 22.6 Å². The number of carbonyl (C=O) groups excluding carboxylic acids is 2. The molecule has 2 aromatic heterocycles. The fraction of sp³-hybridized carbons (Fsp3) is 0.469. The van der Waals surface area contributed by atoms with Gasteiger partial charge in [0.1, 0.15) is 0 Å². The highest BCUT2D eigenvalue weighted by atomic mass is 32.1. The average Bonchev–Trinajstić information content (AvgIpc) is 3.54. The largest absolute Gasteiger partial charge is 0.375 e. The third-order valence-electron chi connectivity index (χ3n) is 7.07. The predicted molar refractivity (Wildman–Crippen MR) is 169 cm³/mol. The minimum Gasteiger partial charge on any atom is -0.375 e. The maximum atomic E-state index is 13.1. The van der Waals surface area contributed by atoms with E-state index in [4.69, 9.17) is 5.73 Å². The lowest BCUT2D eigenvalue weighted by Crippen LogP contribution is -2.39. The van der Waals surface area contributed by atoms with Crippen LogP contribution in [0.3, 0.4) is 0 Å². The zero-order valence-electron chi connectivity index (χ0n) is 24.7. The Balaban J connectivity index is 0.00000106. The number of aromatic nitrogens is 2. The summed E-state index contributed by atoms with van der Waals surface area (Å²) >= 11 is 1.50. The van der Waals surface area contributed by atoms with Crippen molar-refractivity contribution in [2.24, 2.45) is 0 Å². The van der Waals surface area contributed by atoms with E-state index in [-0.39, 0.29) is 11.8 Å². The van der Waals surface area contributed by atoms with Gasteiger partial charge < -0.3 is 20.5 Å². The molecule has 1 aliphatic heterocycles. The molecule has 8 heteroatoms. The highest BCUT2D eigenvalue weighted by Crippen LogP contribution is 2.32. The Kier molecular flexibility index (Phi) is 12.0. The molecule has 1 aliphatic rings. The number of hydrogen-bond acceptors (Lipinski definition) is 5. The van der Waals surface area contributed by atoms with Gasteiger partial charge in [-0.05, 0) is 60.9 Å². The molecule has 1 fully saturated rings. The van der Waals surface area contributed by atoms with Crippen molar-refractivity contribution in [3.63, 3.8) is 0 Å². The molecule has 3 heterocycles. The number of fused-ring (bicyclic) bond motifs is 2. The van der Waals surface area contributed by atoms with Crippen molar-refractivity contribution in [2.45, 2.75) is 79.2 Å². The Morgan fingerprint density at radius 2 is 1.88 bits per heavy atom. The zero-order chi connectivity index (χ0) is 29.1. The van der Waals surface area contributed by atoms with Gasteiger partial charge in [0.25, 0.3) is 0 Å². The third-order valence-corrected chi connectivity index (χ3v) is 7.92. The molecule has 1 unspecified atom stereocenters. The number of para-hydroxylation sites is 1. The van der Waals surface area contributed by atoms with Crippen LogP contribution in [-0.4, -0.2) is 45.9 Å². The van der Waals surface area contributed by atoms with Crippen LogP contribution >= 0.6 is 11.3 Å². The number of likely N-dealkylation sites (tertiary alicyclic amines) is 1. The second-order valence-electron chi connectivity index (χ2n) is 9.65. The van der Waals surface area contributed by atoms with Crippen LogP contribution in [0.5, 0.6) is 0 Å². The number of carbonyl (C=O) groups is 2. The molecule has 0 radical (unpaired) electrons. The molecule has 3 N–H and O–H groups in total. The number of thiazole rings is 1. The summed E-state index contributed by atoms with van der Waals surface area (Å²) in [6.07, 6.45) is 4.33. The van der Waals surface area contributed by atoms with Gasteiger partial charge in [0.15, 0.2) is 5.13 Å². The summed E-state index contributed by atoms with van der Waals surface area (Å²) in [5.74, 6) is 0.522. The summed E-state index contributed by atoms with van der Waals surface area (Å²) < 4.78 is 3.43. The van der Waals surface area contributed by atoms with Crippen LogP contribution in [0.15, 0.2) is 48.5 Å². The van der Waals surface area contributed by atoms with Crippen molar-refractivity contribution in [3.05, 3.63) is 59.8 Å². The van der Waals surface area contributed by atoms with E-state index >= 15 is 0 Å². The summed E-state index contributed by atoms with van der Waals surface area (Å²) in [5, 5.41) is 4.72. The van der Waals surface area contributed by atoms with Gasteiger partial charge in [-0.2, -0.15) is 0 Å². The third kappa shape index (κ3) is 7.84. The van der Waals surface area contributed by atoms with Crippen LogP contribution in [0.4, 0.5) is 5.13 Å². The Morgan fingerprint density at radius 3 is 2.65 bits per heavy atom. The van der Waals surface area contributed by atoms with E-state index in [1.54, 1.807) is 6.92 Å². The summed E-state index contributed by atoms with van der Waals surface area (Å²) in [5.41, 5.74) is 10.4. The summed E-state index contributed by atoms with van der Waals surface area (Å²) in [6.45, 7) is 12.4. The fourth-order valence-electron chi connectivity index (χ4n) is 5.35. The zero-order valence-corrected chi connectivity index (χ0v) is 25.5. The van der Waals surface area contributed by atoms with Crippen molar-refractivity contribution in [2.75, 3.05) is 25.4 Å². The van der Waals surface area contributed by atoms with Gasteiger partial charge in [0.2, 0.25) is 11.8 Å². The Bertz CT molecular complexity index is 1390. The first-order valence-electron chi connectivity index (χ1n) is 14.7. The number of nitrogen functional groups attached to an aromatic ring is 1. The normalized spacial score (nSPS) is 14.7. The maximum Gasteiger partial charge on any atom is 0.222 e. The number of nitrogens with zero attached hydrogens (tertiary/aromatic N) is 3. The second kappa shape index (κ2) is 15.4. The topological polar surface area (TPSA) is 93.2 Å². The van der Waals surface area contributed by atoms with E-state index in [9.17, 15) is 9.59 Å². The van der Waals surface area contributed by atoms with E-state index in [0.29, 0.717) is 24.0 Å². The van der Waals surface area contributed by atoms with E-state index < -0.39 is 0 Å². The number of anilines is 1. The molecule has 2 aromatic carbocycles. The number of rotatable bonds is 8. The first-order valence-corrected chi connectivity index (χ1v) is 15.5. The molecule has 0 aliphatic carbocycles. The quantitative estimate of drug-likeness (QED) is 0.248. The molecule has 4 aromatic rings. The molecule has 5 rings (SSSR count). The summed E-state index contributed by atoms with van der Waals surface area (Å²) in [7, 11) is 0. The van der Waals surface area contributed by atoms with Crippen molar-refractivity contribution in [1.29, 1.82) is 0 Å². The number of benzene rings is 2. The molecule has 216 valence electrons. The highest BCUT2D eigenvalue weighted by molar-refractivity contribution is 7.22. The van der Waals surface area contributed by atoms with E-state index in [1.807, 2.05) is 33.8 Å². The van der Waals surface area contributed by atoms with Crippen molar-refractivity contribution in [3.8, 4) is 0 Å². The molecule has 0 spiro atoms. The van der Waals surface area contributed by atoms with Gasteiger partial charge in [-0.3, -0.25) is 9.59 Å². The number of nitrogens with two attached hydrogens (primary N) is 1. The van der Waals surface area contributed by atoms with Crippen molar-refractivity contribution in [1.82, 2.24) is 19.8 Å². The molecule has 40 heavy (non-hydrogen) atoms. The number of amides is 2. The lowest BCUT2D eigenvalue weighted by Gasteiger charge is -2.33. The molecular formula is C32H45N5O2S. The lowest BCUT2D eigenvalue weighted by molar-refractivity contribution is -0.132. The molecule has 7 nitrogen and oxygen atoms in total. The first kappa shape index (κ1) is 31.1. The molecule has 1 atom stereocenters. The van der Waals surface area contributed by atoms with Crippen LogP contribution in [0.2, 0.25) is 0 Å². The molecule has 0 saturated carbocycles. The summed E-state index contributed by atoms with van der Waals surface area (Å²) in [6, 6.07) is 16.9. The van der Waals surface area contributed by atoms with Gasteiger partial charge in [0.05, 0.1) is 10.2 Å². The van der Waals surface area contributed by atoms with Crippen LogP contribution in [0, 0.1) is 0 Å². The first-order chi connectivity index (χ1) is 19.5. The lowest BCUT2D eigenvalue weighted by atomic mass is 9.94. The molecule has 2 amide bonds. The molecule has 0 bridgehead atoms. The van der Waals surface area contributed by atoms with Gasteiger partial charge >= 0.3 is 0 Å². The van der Waals surface area contributed by atoms with E-state index in [1.165, 1.54) is 33.5 Å². The van der Waals surface area contributed by atoms with E-state index in [0.717, 1.165) is 55.5 Å². The minimum absolute atomic E-state index is 0.0152. The van der Waals surface area contributed by atoms with Gasteiger partial charge in [-0.1, -0.05) is 63.3 Å². The SMILES string of the molecule is CC.CC.CC(=O)NCCn1c(C2CCCN(C(=O)CCCc3ccc4nc(N)sc4c3)C2)cc2ccccc21. The number of piperidine rings is 1. The maximum absolute atomic E-state index is 13.1.